The second kappa shape index (κ2) is 9.27. The first-order valence-electron chi connectivity index (χ1n) is 12.4. The van der Waals surface area contributed by atoms with Gasteiger partial charge in [0.2, 0.25) is 10.0 Å². The zero-order valence-electron chi connectivity index (χ0n) is 20.0. The molecule has 2 aromatic carbocycles. The fraction of sp³-hybridized carbons (Fsp3) is 0.481. The van der Waals surface area contributed by atoms with Gasteiger partial charge in [-0.25, -0.2) is 8.42 Å². The summed E-state index contributed by atoms with van der Waals surface area (Å²) in [6.45, 7) is 4.81. The van der Waals surface area contributed by atoms with Gasteiger partial charge in [0, 0.05) is 18.6 Å². The molecule has 3 aromatic rings. The van der Waals surface area contributed by atoms with E-state index in [1.165, 1.54) is 5.56 Å². The van der Waals surface area contributed by atoms with Gasteiger partial charge in [-0.05, 0) is 67.6 Å². The van der Waals surface area contributed by atoms with Crippen molar-refractivity contribution >= 4 is 10.0 Å². The molecule has 34 heavy (non-hydrogen) atoms. The maximum atomic E-state index is 13.5. The molecule has 1 saturated carbocycles. The molecule has 2 atom stereocenters. The molecule has 2 aliphatic rings. The fourth-order valence-electron chi connectivity index (χ4n) is 5.77. The quantitative estimate of drug-likeness (QED) is 0.492. The maximum absolute atomic E-state index is 13.5. The van der Waals surface area contributed by atoms with Crippen LogP contribution in [0.4, 0.5) is 0 Å². The Bertz CT molecular complexity index is 1190. The van der Waals surface area contributed by atoms with Crippen molar-refractivity contribution in [2.45, 2.75) is 81.7 Å². The molecule has 1 aromatic heterocycles. The Balaban J connectivity index is 1.29. The van der Waals surface area contributed by atoms with Crippen LogP contribution in [0.15, 0.2) is 67.3 Å². The lowest BCUT2D eigenvalue weighted by Gasteiger charge is -2.39. The molecule has 180 valence electrons. The third-order valence-corrected chi connectivity index (χ3v) is 10.5. The summed E-state index contributed by atoms with van der Waals surface area (Å²) in [7, 11) is -3.41. The molecule has 2 heterocycles. The van der Waals surface area contributed by atoms with E-state index in [9.17, 15) is 8.42 Å². The van der Waals surface area contributed by atoms with Crippen LogP contribution < -0.4 is 0 Å². The van der Waals surface area contributed by atoms with E-state index in [0.29, 0.717) is 19.0 Å². The molecule has 5 rings (SSSR count). The Kier molecular flexibility index (Phi) is 6.34. The van der Waals surface area contributed by atoms with Crippen molar-refractivity contribution < 1.29 is 8.42 Å². The lowest BCUT2D eigenvalue weighted by Crippen LogP contribution is -2.44. The van der Waals surface area contributed by atoms with Crippen molar-refractivity contribution in [3.05, 3.63) is 83.9 Å². The average Bonchev–Trinajstić information content (AvgIpc) is 3.38. The number of nitrogens with zero attached hydrogens (tertiary/aromatic N) is 4. The van der Waals surface area contributed by atoms with Crippen LogP contribution in [0.5, 0.6) is 0 Å². The van der Waals surface area contributed by atoms with Gasteiger partial charge >= 0.3 is 0 Å². The Morgan fingerprint density at radius 3 is 2.21 bits per heavy atom. The molecular formula is C27H34N4O2S. The van der Waals surface area contributed by atoms with Gasteiger partial charge < -0.3 is 4.57 Å². The minimum atomic E-state index is -3.41. The molecule has 0 amide bonds. The number of rotatable bonds is 5. The Morgan fingerprint density at radius 1 is 0.912 bits per heavy atom. The normalized spacial score (nSPS) is 29.6. The highest BCUT2D eigenvalue weighted by Gasteiger charge is 2.40. The third-order valence-electron chi connectivity index (χ3n) is 8.10. The minimum absolute atomic E-state index is 0.00935. The largest absolute Gasteiger partial charge is 0.317 e. The summed E-state index contributed by atoms with van der Waals surface area (Å²) < 4.78 is 30.9. The first kappa shape index (κ1) is 23.2. The van der Waals surface area contributed by atoms with Gasteiger partial charge in [0.05, 0.1) is 0 Å². The van der Waals surface area contributed by atoms with Crippen molar-refractivity contribution in [2.24, 2.45) is 0 Å². The van der Waals surface area contributed by atoms with Crippen LogP contribution in [0.25, 0.3) is 0 Å². The molecule has 1 saturated heterocycles. The number of hydrogen-bond acceptors (Lipinski definition) is 4. The van der Waals surface area contributed by atoms with Gasteiger partial charge in [-0.15, -0.1) is 10.2 Å². The number of hydrogen-bond donors (Lipinski definition) is 0. The summed E-state index contributed by atoms with van der Waals surface area (Å²) in [6, 6.07) is 18.8. The van der Waals surface area contributed by atoms with Gasteiger partial charge in [-0.3, -0.25) is 0 Å². The standard InChI is InChI=1S/C27H34N4O2S/c1-21-8-13-26(23-6-4-3-5-7-23)34(32,33)31(21)18-22-9-11-24(12-10-22)27(2)16-14-25(15-17-27)30-19-28-29-20-30/h3-7,9-12,19-21,25-26H,8,13-18H2,1-2H3/t21-,25-,26+,27-/m0/s1. The van der Waals surface area contributed by atoms with E-state index in [-0.39, 0.29) is 11.5 Å². The highest BCUT2D eigenvalue weighted by Crippen LogP contribution is 2.43. The van der Waals surface area contributed by atoms with E-state index < -0.39 is 15.3 Å². The van der Waals surface area contributed by atoms with Crippen LogP contribution in [-0.2, 0) is 22.0 Å². The van der Waals surface area contributed by atoms with E-state index in [1.54, 1.807) is 4.31 Å². The Hall–Kier alpha value is -2.51. The zero-order valence-corrected chi connectivity index (χ0v) is 20.9. The molecule has 7 heteroatoms. The van der Waals surface area contributed by atoms with Crippen LogP contribution in [-0.4, -0.2) is 33.5 Å². The topological polar surface area (TPSA) is 68.1 Å². The molecule has 0 N–H and O–H groups in total. The van der Waals surface area contributed by atoms with E-state index in [2.05, 4.69) is 46.0 Å². The van der Waals surface area contributed by atoms with E-state index in [4.69, 9.17) is 0 Å². The predicted molar refractivity (Wildman–Crippen MR) is 134 cm³/mol. The molecule has 1 aliphatic heterocycles. The van der Waals surface area contributed by atoms with Crippen LogP contribution in [0.3, 0.4) is 0 Å². The monoisotopic (exact) mass is 478 g/mol. The fourth-order valence-corrected chi connectivity index (χ4v) is 7.97. The Morgan fingerprint density at radius 2 is 1.56 bits per heavy atom. The lowest BCUT2D eigenvalue weighted by atomic mass is 9.69. The molecule has 0 radical (unpaired) electrons. The van der Waals surface area contributed by atoms with Crippen LogP contribution in [0.1, 0.15) is 80.4 Å². The second-order valence-corrected chi connectivity index (χ2v) is 12.4. The number of sulfonamides is 1. The maximum Gasteiger partial charge on any atom is 0.221 e. The summed E-state index contributed by atoms with van der Waals surface area (Å²) in [5, 5.41) is 7.45. The predicted octanol–water partition coefficient (Wildman–Crippen LogP) is 5.41. The smallest absolute Gasteiger partial charge is 0.221 e. The summed E-state index contributed by atoms with van der Waals surface area (Å²) in [6.07, 6.45) is 9.65. The summed E-state index contributed by atoms with van der Waals surface area (Å²) in [5.41, 5.74) is 3.43. The first-order chi connectivity index (χ1) is 16.4. The molecular weight excluding hydrogens is 444 g/mol. The summed E-state index contributed by atoms with van der Waals surface area (Å²) in [4.78, 5) is 0. The zero-order chi connectivity index (χ0) is 23.8. The van der Waals surface area contributed by atoms with Crippen LogP contribution >= 0.6 is 0 Å². The van der Waals surface area contributed by atoms with Gasteiger partial charge in [0.25, 0.3) is 0 Å². The van der Waals surface area contributed by atoms with Crippen molar-refractivity contribution in [1.82, 2.24) is 19.1 Å². The molecule has 6 nitrogen and oxygen atoms in total. The van der Waals surface area contributed by atoms with Gasteiger partial charge in [-0.1, -0.05) is 61.5 Å². The Labute approximate surface area is 203 Å². The number of aromatic nitrogens is 3. The SMILES string of the molecule is C[C@H]1CC[C@H](c2ccccc2)S(=O)(=O)N1Cc1ccc([C@]2(C)CC[C@@H](n3cnnc3)CC2)cc1. The summed E-state index contributed by atoms with van der Waals surface area (Å²) in [5.74, 6) is 0. The van der Waals surface area contributed by atoms with Crippen molar-refractivity contribution in [3.8, 4) is 0 Å². The third kappa shape index (κ3) is 4.43. The van der Waals surface area contributed by atoms with Gasteiger partial charge in [-0.2, -0.15) is 4.31 Å². The second-order valence-electron chi connectivity index (χ2n) is 10.3. The average molecular weight is 479 g/mol. The lowest BCUT2D eigenvalue weighted by molar-refractivity contribution is 0.248. The van der Waals surface area contributed by atoms with E-state index in [0.717, 1.165) is 43.2 Å². The van der Waals surface area contributed by atoms with Gasteiger partial charge in [0.1, 0.15) is 17.9 Å². The highest BCUT2D eigenvalue weighted by atomic mass is 32.2. The van der Waals surface area contributed by atoms with E-state index >= 15 is 0 Å². The van der Waals surface area contributed by atoms with Crippen molar-refractivity contribution in [1.29, 1.82) is 0 Å². The minimum Gasteiger partial charge on any atom is -0.317 e. The molecule has 1 aliphatic carbocycles. The summed E-state index contributed by atoms with van der Waals surface area (Å²) >= 11 is 0. The molecule has 0 spiro atoms. The first-order valence-corrected chi connectivity index (χ1v) is 13.9. The van der Waals surface area contributed by atoms with Gasteiger partial charge in [0.15, 0.2) is 0 Å². The van der Waals surface area contributed by atoms with Crippen LogP contribution in [0.2, 0.25) is 0 Å². The number of benzene rings is 2. The van der Waals surface area contributed by atoms with Crippen LogP contribution in [0, 0.1) is 0 Å². The molecule has 0 bridgehead atoms. The van der Waals surface area contributed by atoms with Crippen molar-refractivity contribution in [3.63, 3.8) is 0 Å². The highest BCUT2D eigenvalue weighted by molar-refractivity contribution is 7.89. The molecule has 0 unspecified atom stereocenters. The van der Waals surface area contributed by atoms with E-state index in [1.807, 2.05) is 49.9 Å². The van der Waals surface area contributed by atoms with Crippen molar-refractivity contribution in [2.75, 3.05) is 0 Å². The molecule has 2 fully saturated rings.